The summed E-state index contributed by atoms with van der Waals surface area (Å²) in [7, 11) is 0. The van der Waals surface area contributed by atoms with Crippen molar-refractivity contribution in [2.75, 3.05) is 43.0 Å². The van der Waals surface area contributed by atoms with Crippen molar-refractivity contribution in [2.24, 2.45) is 5.10 Å². The fraction of sp³-hybridized carbons (Fsp3) is 0.350. The van der Waals surface area contributed by atoms with Crippen molar-refractivity contribution in [3.63, 3.8) is 0 Å². The molecule has 0 saturated carbocycles. The van der Waals surface area contributed by atoms with Gasteiger partial charge >= 0.3 is 0 Å². The molecule has 0 aliphatic carbocycles. The summed E-state index contributed by atoms with van der Waals surface area (Å²) in [6.45, 7) is 8.41. The van der Waals surface area contributed by atoms with Crippen LogP contribution in [0.3, 0.4) is 0 Å². The van der Waals surface area contributed by atoms with E-state index in [2.05, 4.69) is 27.3 Å². The average molecular weight is 385 g/mol. The lowest BCUT2D eigenvalue weighted by atomic mass is 10.1. The molecule has 0 bridgehead atoms. The summed E-state index contributed by atoms with van der Waals surface area (Å²) in [5, 5.41) is 15.1. The van der Waals surface area contributed by atoms with Crippen molar-refractivity contribution in [1.29, 1.82) is 0 Å². The summed E-state index contributed by atoms with van der Waals surface area (Å²) in [5.41, 5.74) is 5.13. The number of halogens is 1. The van der Waals surface area contributed by atoms with Crippen LogP contribution in [0.25, 0.3) is 0 Å². The van der Waals surface area contributed by atoms with Gasteiger partial charge in [-0.15, -0.1) is 0 Å². The van der Waals surface area contributed by atoms with Crippen molar-refractivity contribution in [2.45, 2.75) is 13.8 Å². The molecule has 1 saturated heterocycles. The topological polar surface area (TPSA) is 74.0 Å². The van der Waals surface area contributed by atoms with Gasteiger partial charge in [-0.1, -0.05) is 19.1 Å². The van der Waals surface area contributed by atoms with Crippen LogP contribution in [0, 0.1) is 15.9 Å². The number of hydrogen-bond donors (Lipinski definition) is 1. The number of likely N-dealkylation sites (N-methyl/N-ethyl adjacent to an activating group) is 1. The number of nitrogens with one attached hydrogen (secondary N) is 1. The molecule has 1 aliphatic rings. The third-order valence-electron chi connectivity index (χ3n) is 4.94. The van der Waals surface area contributed by atoms with Crippen LogP contribution < -0.4 is 10.3 Å². The molecule has 8 heteroatoms. The number of piperazine rings is 1. The Morgan fingerprint density at radius 1 is 1.21 bits per heavy atom. The number of non-ortho nitro benzene ring substituents is 1. The van der Waals surface area contributed by atoms with Gasteiger partial charge in [0.2, 0.25) is 0 Å². The molecule has 0 radical (unpaired) electrons. The molecular formula is C20H24FN5O2. The molecular weight excluding hydrogens is 361 g/mol. The van der Waals surface area contributed by atoms with Gasteiger partial charge in [-0.3, -0.25) is 15.5 Å². The van der Waals surface area contributed by atoms with Crippen LogP contribution in [0.15, 0.2) is 47.6 Å². The van der Waals surface area contributed by atoms with Gasteiger partial charge in [0.25, 0.3) is 5.69 Å². The zero-order valence-electron chi connectivity index (χ0n) is 16.1. The van der Waals surface area contributed by atoms with E-state index in [1.807, 2.05) is 6.07 Å². The maximum Gasteiger partial charge on any atom is 0.271 e. The largest absolute Gasteiger partial charge is 0.367 e. The first kappa shape index (κ1) is 19.8. The zero-order valence-corrected chi connectivity index (χ0v) is 16.1. The Balaban J connectivity index is 1.70. The van der Waals surface area contributed by atoms with E-state index in [0.29, 0.717) is 22.6 Å². The molecule has 1 fully saturated rings. The smallest absolute Gasteiger partial charge is 0.271 e. The molecule has 28 heavy (non-hydrogen) atoms. The minimum atomic E-state index is -0.462. The number of benzene rings is 2. The van der Waals surface area contributed by atoms with Crippen LogP contribution >= 0.6 is 0 Å². The van der Waals surface area contributed by atoms with E-state index in [1.54, 1.807) is 25.1 Å². The Morgan fingerprint density at radius 2 is 1.96 bits per heavy atom. The van der Waals surface area contributed by atoms with Gasteiger partial charge in [-0.2, -0.15) is 5.10 Å². The van der Waals surface area contributed by atoms with E-state index in [0.717, 1.165) is 32.7 Å². The molecule has 1 heterocycles. The first-order valence-electron chi connectivity index (χ1n) is 9.30. The van der Waals surface area contributed by atoms with Gasteiger partial charge in [0.15, 0.2) is 0 Å². The lowest BCUT2D eigenvalue weighted by molar-refractivity contribution is -0.384. The number of nitro groups is 1. The van der Waals surface area contributed by atoms with Crippen molar-refractivity contribution in [3.8, 4) is 0 Å². The Bertz CT molecular complexity index is 879. The van der Waals surface area contributed by atoms with Gasteiger partial charge in [-0.05, 0) is 31.7 Å². The Labute approximate surface area is 163 Å². The molecule has 3 rings (SSSR count). The third kappa shape index (κ3) is 4.64. The maximum absolute atomic E-state index is 14.7. The summed E-state index contributed by atoms with van der Waals surface area (Å²) in [5.74, 6) is -0.271. The van der Waals surface area contributed by atoms with Gasteiger partial charge < -0.3 is 9.80 Å². The van der Waals surface area contributed by atoms with E-state index in [9.17, 15) is 14.5 Å². The minimum absolute atomic E-state index is 0.0172. The number of hydrazone groups is 1. The lowest BCUT2D eigenvalue weighted by Gasteiger charge is -2.35. The Hall–Kier alpha value is -3.00. The fourth-order valence-corrected chi connectivity index (χ4v) is 3.20. The quantitative estimate of drug-likeness (QED) is 0.466. The summed E-state index contributed by atoms with van der Waals surface area (Å²) in [6.07, 6.45) is 0. The predicted octanol–water partition coefficient (Wildman–Crippen LogP) is 3.71. The zero-order chi connectivity index (χ0) is 20.1. The van der Waals surface area contributed by atoms with Crippen molar-refractivity contribution < 1.29 is 9.31 Å². The highest BCUT2D eigenvalue weighted by Gasteiger charge is 2.18. The Morgan fingerprint density at radius 3 is 2.61 bits per heavy atom. The monoisotopic (exact) mass is 385 g/mol. The normalized spacial score (nSPS) is 15.5. The van der Waals surface area contributed by atoms with E-state index in [-0.39, 0.29) is 11.5 Å². The van der Waals surface area contributed by atoms with Crippen molar-refractivity contribution in [3.05, 3.63) is 64.0 Å². The molecule has 1 N–H and O–H groups in total. The lowest BCUT2D eigenvalue weighted by Crippen LogP contribution is -2.46. The molecule has 0 atom stereocenters. The number of hydrogen-bond acceptors (Lipinski definition) is 6. The summed E-state index contributed by atoms with van der Waals surface area (Å²) >= 11 is 0. The highest BCUT2D eigenvalue weighted by atomic mass is 19.1. The van der Waals surface area contributed by atoms with Crippen molar-refractivity contribution in [1.82, 2.24) is 4.90 Å². The highest BCUT2D eigenvalue weighted by molar-refractivity contribution is 5.99. The third-order valence-corrected chi connectivity index (χ3v) is 4.94. The number of anilines is 2. The van der Waals surface area contributed by atoms with Crippen LogP contribution in [0.4, 0.5) is 21.5 Å². The molecule has 0 unspecified atom stereocenters. The maximum atomic E-state index is 14.7. The molecule has 0 aromatic heterocycles. The SMILES string of the molecule is CCN1CCN(c2ccc(/C(C)=N\Nc3cccc([N+](=O)[O-])c3)cc2F)CC1. The minimum Gasteiger partial charge on any atom is -0.367 e. The fourth-order valence-electron chi connectivity index (χ4n) is 3.20. The second-order valence-corrected chi connectivity index (χ2v) is 6.70. The van der Waals surface area contributed by atoms with Crippen LogP contribution in [0.1, 0.15) is 19.4 Å². The van der Waals surface area contributed by atoms with Gasteiger partial charge in [0.05, 0.1) is 22.0 Å². The molecule has 2 aromatic rings. The van der Waals surface area contributed by atoms with Crippen LogP contribution in [-0.4, -0.2) is 48.3 Å². The molecule has 7 nitrogen and oxygen atoms in total. The van der Waals surface area contributed by atoms with Gasteiger partial charge in [0, 0.05) is 43.9 Å². The second kappa shape index (κ2) is 8.79. The van der Waals surface area contributed by atoms with E-state index >= 15 is 0 Å². The number of nitrogens with zero attached hydrogens (tertiary/aromatic N) is 4. The number of rotatable bonds is 6. The summed E-state index contributed by atoms with van der Waals surface area (Å²) < 4.78 is 14.7. The Kier molecular flexibility index (Phi) is 6.20. The standard InChI is InChI=1S/C20H24FN5O2/c1-3-24-9-11-25(12-10-24)20-8-7-16(13-19(20)21)15(2)22-23-17-5-4-6-18(14-17)26(27)28/h4-8,13-14,23H,3,9-12H2,1-2H3/b22-15-. The van der Waals surface area contributed by atoms with E-state index in [4.69, 9.17) is 0 Å². The molecule has 2 aromatic carbocycles. The number of nitro benzene ring substituents is 1. The average Bonchev–Trinajstić information content (AvgIpc) is 2.72. The van der Waals surface area contributed by atoms with Crippen LogP contribution in [-0.2, 0) is 0 Å². The first-order chi connectivity index (χ1) is 13.5. The molecule has 0 spiro atoms. The molecule has 0 amide bonds. The summed E-state index contributed by atoms with van der Waals surface area (Å²) in [4.78, 5) is 14.8. The van der Waals surface area contributed by atoms with Crippen molar-refractivity contribution >= 4 is 22.8 Å². The van der Waals surface area contributed by atoms with E-state index in [1.165, 1.54) is 18.2 Å². The van der Waals surface area contributed by atoms with Gasteiger partial charge in [-0.25, -0.2) is 4.39 Å². The van der Waals surface area contributed by atoms with Crippen LogP contribution in [0.5, 0.6) is 0 Å². The van der Waals surface area contributed by atoms with Crippen LogP contribution in [0.2, 0.25) is 0 Å². The summed E-state index contributed by atoms with van der Waals surface area (Å²) in [6, 6.07) is 11.2. The molecule has 1 aliphatic heterocycles. The van der Waals surface area contributed by atoms with E-state index < -0.39 is 4.92 Å². The predicted molar refractivity (Wildman–Crippen MR) is 110 cm³/mol. The second-order valence-electron chi connectivity index (χ2n) is 6.70. The highest BCUT2D eigenvalue weighted by Crippen LogP contribution is 2.23. The van der Waals surface area contributed by atoms with Gasteiger partial charge in [0.1, 0.15) is 5.82 Å². The molecule has 148 valence electrons. The first-order valence-corrected chi connectivity index (χ1v) is 9.30.